The van der Waals surface area contributed by atoms with Gasteiger partial charge in [0.1, 0.15) is 5.82 Å². The number of rotatable bonds is 2. The molecule has 16 heavy (non-hydrogen) atoms. The molecule has 0 bridgehead atoms. The van der Waals surface area contributed by atoms with Gasteiger partial charge in [-0.1, -0.05) is 0 Å². The molecule has 1 rings (SSSR count). The van der Waals surface area contributed by atoms with Gasteiger partial charge in [-0.25, -0.2) is 18.0 Å². The zero-order valence-corrected chi connectivity index (χ0v) is 9.61. The monoisotopic (exact) mass is 294 g/mol. The summed E-state index contributed by atoms with van der Waals surface area (Å²) in [5.41, 5.74) is -1.000. The van der Waals surface area contributed by atoms with E-state index in [4.69, 9.17) is 5.11 Å². The van der Waals surface area contributed by atoms with Crippen molar-refractivity contribution >= 4 is 28.0 Å². The Morgan fingerprint density at radius 2 is 1.94 bits per heavy atom. The summed E-state index contributed by atoms with van der Waals surface area (Å²) in [6.07, 6.45) is 0.739. The van der Waals surface area contributed by atoms with Gasteiger partial charge in [-0.3, -0.25) is 0 Å². The summed E-state index contributed by atoms with van der Waals surface area (Å²) in [6.45, 7) is 1.15. The minimum Gasteiger partial charge on any atom is -0.478 e. The Bertz CT molecular complexity index is 483. The number of halogens is 4. The highest BCUT2D eigenvalue weighted by Crippen LogP contribution is 2.25. The lowest BCUT2D eigenvalue weighted by molar-refractivity contribution is -0.132. The molecular weight excluding hydrogens is 289 g/mol. The van der Waals surface area contributed by atoms with Crippen LogP contribution in [0, 0.1) is 17.5 Å². The first-order valence-electron chi connectivity index (χ1n) is 4.09. The van der Waals surface area contributed by atoms with Crippen molar-refractivity contribution in [2.75, 3.05) is 0 Å². The van der Waals surface area contributed by atoms with E-state index in [9.17, 15) is 18.0 Å². The normalized spacial score (nSPS) is 11.7. The molecule has 0 saturated heterocycles. The van der Waals surface area contributed by atoms with Gasteiger partial charge in [0.25, 0.3) is 0 Å². The molecule has 1 aromatic rings. The van der Waals surface area contributed by atoms with Gasteiger partial charge in [0.2, 0.25) is 0 Å². The minimum absolute atomic E-state index is 0.292. The summed E-state index contributed by atoms with van der Waals surface area (Å²) < 4.78 is 39.2. The van der Waals surface area contributed by atoms with Gasteiger partial charge in [0, 0.05) is 11.1 Å². The summed E-state index contributed by atoms with van der Waals surface area (Å²) in [4.78, 5) is 10.5. The molecule has 0 amide bonds. The molecule has 0 radical (unpaired) electrons. The molecule has 0 unspecified atom stereocenters. The van der Waals surface area contributed by atoms with Crippen molar-refractivity contribution in [1.29, 1.82) is 0 Å². The maximum absolute atomic E-state index is 13.3. The first-order chi connectivity index (χ1) is 7.34. The number of carbonyl (C=O) groups is 1. The highest BCUT2D eigenvalue weighted by molar-refractivity contribution is 9.10. The number of carboxylic acids is 1. The van der Waals surface area contributed by atoms with Crippen molar-refractivity contribution in [3.63, 3.8) is 0 Å². The highest BCUT2D eigenvalue weighted by Gasteiger charge is 2.16. The summed E-state index contributed by atoms with van der Waals surface area (Å²) in [5, 5.41) is 8.53. The first kappa shape index (κ1) is 12.8. The molecule has 6 heteroatoms. The molecule has 1 aromatic carbocycles. The molecule has 0 aliphatic carbocycles. The molecule has 0 spiro atoms. The molecule has 0 heterocycles. The van der Waals surface area contributed by atoms with Crippen LogP contribution in [0.4, 0.5) is 13.2 Å². The van der Waals surface area contributed by atoms with Crippen LogP contribution in [0.25, 0.3) is 6.08 Å². The molecule has 0 aliphatic heterocycles. The molecular formula is C10H6BrF3O2. The number of carboxylic acid groups (broad SMARTS) is 1. The third-order valence-corrected chi connectivity index (χ3v) is 2.42. The average Bonchev–Trinajstić information content (AvgIpc) is 2.20. The van der Waals surface area contributed by atoms with E-state index in [-0.39, 0.29) is 10.0 Å². The number of benzene rings is 1. The molecule has 2 nitrogen and oxygen atoms in total. The van der Waals surface area contributed by atoms with Gasteiger partial charge in [-0.05, 0) is 35.0 Å². The largest absolute Gasteiger partial charge is 0.478 e. The van der Waals surface area contributed by atoms with Crippen LogP contribution in [0.3, 0.4) is 0 Å². The second kappa shape index (κ2) is 4.69. The Hall–Kier alpha value is -1.30. The average molecular weight is 295 g/mol. The van der Waals surface area contributed by atoms with Gasteiger partial charge in [0.05, 0.1) is 4.47 Å². The summed E-state index contributed by atoms with van der Waals surface area (Å²) in [7, 11) is 0. The molecule has 86 valence electrons. The Kier molecular flexibility index (Phi) is 3.74. The minimum atomic E-state index is -1.42. The molecule has 0 fully saturated rings. The third kappa shape index (κ3) is 2.44. The third-order valence-electron chi connectivity index (χ3n) is 1.85. The van der Waals surface area contributed by atoms with Crippen LogP contribution in [0.2, 0.25) is 0 Å². The number of hydrogen-bond donors (Lipinski definition) is 1. The predicted octanol–water partition coefficient (Wildman–Crippen LogP) is 3.35. The fourth-order valence-corrected chi connectivity index (χ4v) is 1.37. The van der Waals surface area contributed by atoms with Gasteiger partial charge >= 0.3 is 5.97 Å². The van der Waals surface area contributed by atoms with Gasteiger partial charge in [-0.15, -0.1) is 0 Å². The van der Waals surface area contributed by atoms with E-state index in [0.29, 0.717) is 0 Å². The van der Waals surface area contributed by atoms with Crippen molar-refractivity contribution in [3.8, 4) is 0 Å². The van der Waals surface area contributed by atoms with Crippen molar-refractivity contribution in [2.24, 2.45) is 0 Å². The maximum Gasteiger partial charge on any atom is 0.331 e. The number of hydrogen-bond acceptors (Lipinski definition) is 1. The quantitative estimate of drug-likeness (QED) is 0.516. The number of aliphatic carboxylic acids is 1. The lowest BCUT2D eigenvalue weighted by Gasteiger charge is -2.03. The zero-order chi connectivity index (χ0) is 12.5. The van der Waals surface area contributed by atoms with E-state index in [1.54, 1.807) is 0 Å². The van der Waals surface area contributed by atoms with Crippen LogP contribution in [-0.2, 0) is 4.79 Å². The standard InChI is InChI=1S/C10H6BrF3O2/c1-4(10(15)16)2-5-7(12)3-6(11)9(14)8(5)13/h2-3H,1H3,(H,15,16)/b4-2+. The van der Waals surface area contributed by atoms with Gasteiger partial charge in [-0.2, -0.15) is 0 Å². The Morgan fingerprint density at radius 1 is 1.38 bits per heavy atom. The fourth-order valence-electron chi connectivity index (χ4n) is 0.991. The van der Waals surface area contributed by atoms with Crippen molar-refractivity contribution in [1.82, 2.24) is 0 Å². The Labute approximate surface area is 97.5 Å². The Morgan fingerprint density at radius 3 is 2.44 bits per heavy atom. The zero-order valence-electron chi connectivity index (χ0n) is 8.02. The lowest BCUT2D eigenvalue weighted by atomic mass is 10.1. The van der Waals surface area contributed by atoms with Crippen molar-refractivity contribution in [3.05, 3.63) is 39.1 Å². The SMILES string of the molecule is C/C(=C\c1c(F)cc(Br)c(F)c1F)C(=O)O. The maximum atomic E-state index is 13.3. The lowest BCUT2D eigenvalue weighted by Crippen LogP contribution is -2.00. The second-order valence-corrected chi connectivity index (χ2v) is 3.87. The highest BCUT2D eigenvalue weighted by atomic mass is 79.9. The van der Waals surface area contributed by atoms with E-state index in [2.05, 4.69) is 15.9 Å². The van der Waals surface area contributed by atoms with E-state index in [1.165, 1.54) is 0 Å². The predicted molar refractivity (Wildman–Crippen MR) is 55.3 cm³/mol. The second-order valence-electron chi connectivity index (χ2n) is 3.01. The van der Waals surface area contributed by atoms with Crippen LogP contribution in [-0.4, -0.2) is 11.1 Å². The summed E-state index contributed by atoms with van der Waals surface area (Å²) in [6, 6.07) is 0.735. The Balaban J connectivity index is 3.41. The van der Waals surface area contributed by atoms with Crippen molar-refractivity contribution in [2.45, 2.75) is 6.92 Å². The van der Waals surface area contributed by atoms with Crippen LogP contribution in [0.1, 0.15) is 12.5 Å². The molecule has 0 aliphatic rings. The van der Waals surface area contributed by atoms with Crippen LogP contribution in [0.15, 0.2) is 16.1 Å². The van der Waals surface area contributed by atoms with Crippen LogP contribution in [0.5, 0.6) is 0 Å². The van der Waals surface area contributed by atoms with E-state index >= 15 is 0 Å². The van der Waals surface area contributed by atoms with Gasteiger partial charge < -0.3 is 5.11 Å². The smallest absolute Gasteiger partial charge is 0.331 e. The fraction of sp³-hybridized carbons (Fsp3) is 0.100. The van der Waals surface area contributed by atoms with E-state index in [0.717, 1.165) is 19.1 Å². The van der Waals surface area contributed by atoms with E-state index < -0.39 is 29.0 Å². The summed E-state index contributed by atoms with van der Waals surface area (Å²) >= 11 is 2.63. The molecule has 0 aromatic heterocycles. The van der Waals surface area contributed by atoms with Gasteiger partial charge in [0.15, 0.2) is 11.6 Å². The van der Waals surface area contributed by atoms with Crippen LogP contribution >= 0.6 is 15.9 Å². The molecule has 0 saturated carbocycles. The molecule has 0 atom stereocenters. The summed E-state index contributed by atoms with van der Waals surface area (Å²) in [5.74, 6) is -5.05. The van der Waals surface area contributed by atoms with E-state index in [1.807, 2.05) is 0 Å². The topological polar surface area (TPSA) is 37.3 Å². The van der Waals surface area contributed by atoms with Crippen molar-refractivity contribution < 1.29 is 23.1 Å². The van der Waals surface area contributed by atoms with Crippen LogP contribution < -0.4 is 0 Å². The molecule has 1 N–H and O–H groups in total. The first-order valence-corrected chi connectivity index (χ1v) is 4.88.